The normalized spacial score (nSPS) is 16.1. The number of nitrogens with zero attached hydrogens (tertiary/aromatic N) is 1. The Morgan fingerprint density at radius 2 is 1.70 bits per heavy atom. The van der Waals surface area contributed by atoms with E-state index in [2.05, 4.69) is 15.6 Å². The zero-order chi connectivity index (χ0) is 33.5. The smallest absolute Gasteiger partial charge is 0.329 e. The van der Waals surface area contributed by atoms with Crippen LogP contribution in [0, 0.1) is 11.7 Å². The van der Waals surface area contributed by atoms with Crippen molar-refractivity contribution >= 4 is 38.7 Å². The van der Waals surface area contributed by atoms with Gasteiger partial charge in [0.2, 0.25) is 21.8 Å². The molecule has 0 spiro atoms. The minimum atomic E-state index is -3.85. The molecule has 0 aliphatic carbocycles. The predicted molar refractivity (Wildman–Crippen MR) is 172 cm³/mol. The quantitative estimate of drug-likeness (QED) is 0.162. The molecule has 0 bridgehead atoms. The van der Waals surface area contributed by atoms with E-state index in [9.17, 15) is 27.2 Å². The van der Waals surface area contributed by atoms with Crippen molar-refractivity contribution in [3.05, 3.63) is 66.1 Å². The highest BCUT2D eigenvalue weighted by atomic mass is 32.2. The number of benzene rings is 2. The molecule has 46 heavy (non-hydrogen) atoms. The third kappa shape index (κ3) is 9.14. The van der Waals surface area contributed by atoms with Gasteiger partial charge in [0, 0.05) is 42.5 Å². The van der Waals surface area contributed by atoms with Gasteiger partial charge in [-0.25, -0.2) is 17.6 Å². The highest BCUT2D eigenvalue weighted by molar-refractivity contribution is 7.89. The monoisotopic (exact) mass is 657 g/mol. The lowest BCUT2D eigenvalue weighted by molar-refractivity contribution is -0.159. The van der Waals surface area contributed by atoms with Gasteiger partial charge in [-0.15, -0.1) is 0 Å². The van der Waals surface area contributed by atoms with E-state index in [1.54, 1.807) is 27.0 Å². The summed E-state index contributed by atoms with van der Waals surface area (Å²) in [6, 6.07) is 10.3. The van der Waals surface area contributed by atoms with Crippen molar-refractivity contribution in [2.75, 3.05) is 19.6 Å². The number of sulfonamides is 1. The fourth-order valence-corrected chi connectivity index (χ4v) is 6.99. The van der Waals surface area contributed by atoms with Crippen molar-refractivity contribution in [3.63, 3.8) is 0 Å². The Labute approximate surface area is 269 Å². The molecule has 1 aliphatic rings. The van der Waals surface area contributed by atoms with Gasteiger partial charge in [-0.05, 0) is 95.3 Å². The summed E-state index contributed by atoms with van der Waals surface area (Å²) in [5.41, 5.74) is 6.59. The number of para-hydroxylation sites is 1. The highest BCUT2D eigenvalue weighted by Crippen LogP contribution is 2.25. The van der Waals surface area contributed by atoms with E-state index in [0.717, 1.165) is 28.6 Å². The van der Waals surface area contributed by atoms with E-state index < -0.39 is 51.3 Å². The van der Waals surface area contributed by atoms with Crippen LogP contribution < -0.4 is 16.4 Å². The number of piperidine rings is 1. The molecule has 2 aromatic carbocycles. The minimum Gasteiger partial charge on any atom is -0.458 e. The fraction of sp³-hybridized carbons (Fsp3) is 0.485. The Kier molecular flexibility index (Phi) is 11.6. The first-order valence-electron chi connectivity index (χ1n) is 15.6. The number of amides is 2. The molecular weight excluding hydrogens is 613 g/mol. The average Bonchev–Trinajstić information content (AvgIpc) is 3.42. The fourth-order valence-electron chi connectivity index (χ4n) is 5.52. The molecule has 0 saturated carbocycles. The van der Waals surface area contributed by atoms with Gasteiger partial charge in [-0.2, -0.15) is 4.31 Å². The van der Waals surface area contributed by atoms with E-state index in [4.69, 9.17) is 10.5 Å². The van der Waals surface area contributed by atoms with Crippen LogP contribution in [0.3, 0.4) is 0 Å². The molecule has 0 radical (unpaired) electrons. The first-order chi connectivity index (χ1) is 21.8. The third-order valence-electron chi connectivity index (χ3n) is 7.96. The van der Waals surface area contributed by atoms with Crippen LogP contribution in [0.25, 0.3) is 10.9 Å². The molecule has 2 amide bonds. The Bertz CT molecular complexity index is 1610. The Balaban J connectivity index is 1.49. The highest BCUT2D eigenvalue weighted by Gasteiger charge is 2.35. The number of carbonyl (C=O) groups excluding carboxylic acids is 3. The molecule has 11 nitrogen and oxygen atoms in total. The topological polar surface area (TPSA) is 164 Å². The predicted octanol–water partition coefficient (Wildman–Crippen LogP) is 3.39. The number of aromatic amines is 1. The number of hydrogen-bond acceptors (Lipinski definition) is 7. The van der Waals surface area contributed by atoms with Gasteiger partial charge in [0.1, 0.15) is 23.5 Å². The van der Waals surface area contributed by atoms with Gasteiger partial charge in [-0.3, -0.25) is 9.59 Å². The summed E-state index contributed by atoms with van der Waals surface area (Å²) >= 11 is 0. The summed E-state index contributed by atoms with van der Waals surface area (Å²) in [4.78, 5) is 43.6. The number of nitrogens with two attached hydrogens (primary N) is 1. The number of carbonyl (C=O) groups is 3. The summed E-state index contributed by atoms with van der Waals surface area (Å²) in [7, 11) is -3.85. The molecule has 5 N–H and O–H groups in total. The summed E-state index contributed by atoms with van der Waals surface area (Å²) < 4.78 is 46.3. The number of hydrogen-bond donors (Lipinski definition) is 4. The van der Waals surface area contributed by atoms with Crippen molar-refractivity contribution in [1.29, 1.82) is 0 Å². The molecule has 1 fully saturated rings. The number of nitrogens with one attached hydrogen (secondary N) is 3. The van der Waals surface area contributed by atoms with Crippen LogP contribution >= 0.6 is 0 Å². The maximum absolute atomic E-state index is 13.8. The van der Waals surface area contributed by atoms with E-state index in [1.807, 2.05) is 24.3 Å². The number of halogens is 1. The average molecular weight is 658 g/mol. The number of esters is 1. The van der Waals surface area contributed by atoms with Crippen LogP contribution in [0.1, 0.15) is 58.4 Å². The molecule has 2 atom stereocenters. The number of aromatic nitrogens is 1. The Morgan fingerprint density at radius 3 is 2.35 bits per heavy atom. The van der Waals surface area contributed by atoms with E-state index in [-0.39, 0.29) is 43.2 Å². The van der Waals surface area contributed by atoms with Gasteiger partial charge >= 0.3 is 5.97 Å². The second-order valence-electron chi connectivity index (χ2n) is 12.6. The largest absolute Gasteiger partial charge is 0.458 e. The molecular formula is C33H44FN5O6S. The zero-order valence-corrected chi connectivity index (χ0v) is 27.4. The Morgan fingerprint density at radius 1 is 1.02 bits per heavy atom. The lowest BCUT2D eigenvalue weighted by atomic mass is 9.96. The van der Waals surface area contributed by atoms with Crippen molar-refractivity contribution < 1.29 is 31.9 Å². The zero-order valence-electron chi connectivity index (χ0n) is 26.6. The summed E-state index contributed by atoms with van der Waals surface area (Å²) in [5, 5.41) is 6.62. The molecule has 2 unspecified atom stereocenters. The molecule has 2 heterocycles. The van der Waals surface area contributed by atoms with Crippen LogP contribution in [0.5, 0.6) is 0 Å². The van der Waals surface area contributed by atoms with Crippen LogP contribution in [-0.4, -0.2) is 72.8 Å². The minimum absolute atomic E-state index is 0.0155. The van der Waals surface area contributed by atoms with Gasteiger partial charge in [0.25, 0.3) is 0 Å². The maximum Gasteiger partial charge on any atom is 0.329 e. The van der Waals surface area contributed by atoms with Crippen molar-refractivity contribution in [3.8, 4) is 0 Å². The first kappa shape index (κ1) is 35.1. The standard InChI is InChI=1S/C33H44FN5O6S/c1-33(2,3)45-32(42)28(10-6-7-17-35)37-31(41)29(20-23-21-36-27-9-5-4-8-26(23)27)38-30(40)22-15-18-39(19-16-22)46(43,44)25-13-11-24(34)12-14-25/h4-5,8-9,11-14,21-22,28-29,36H,6-7,10,15-20,35H2,1-3H3,(H,37,41)(H,38,40). The summed E-state index contributed by atoms with van der Waals surface area (Å²) in [5.74, 6) is -2.54. The molecule has 250 valence electrons. The lowest BCUT2D eigenvalue weighted by Gasteiger charge is -2.31. The number of fused-ring (bicyclic) bond motifs is 1. The van der Waals surface area contributed by atoms with E-state index in [0.29, 0.717) is 25.8 Å². The maximum atomic E-state index is 13.8. The van der Waals surface area contributed by atoms with Crippen LogP contribution in [0.2, 0.25) is 0 Å². The second kappa shape index (κ2) is 15.2. The number of ether oxygens (including phenoxy) is 1. The van der Waals surface area contributed by atoms with Gasteiger partial charge in [-0.1, -0.05) is 18.2 Å². The SMILES string of the molecule is CC(C)(C)OC(=O)C(CCCCN)NC(=O)C(Cc1c[nH]c2ccccc12)NC(=O)C1CCN(S(=O)(=O)c2ccc(F)cc2)CC1. The van der Waals surface area contributed by atoms with Gasteiger partial charge < -0.3 is 26.1 Å². The van der Waals surface area contributed by atoms with E-state index >= 15 is 0 Å². The molecule has 3 aromatic rings. The third-order valence-corrected chi connectivity index (χ3v) is 9.88. The van der Waals surface area contributed by atoms with Crippen LogP contribution in [0.15, 0.2) is 59.6 Å². The van der Waals surface area contributed by atoms with Crippen LogP contribution in [0.4, 0.5) is 4.39 Å². The van der Waals surface area contributed by atoms with Gasteiger partial charge in [0.05, 0.1) is 4.90 Å². The van der Waals surface area contributed by atoms with Crippen LogP contribution in [-0.2, 0) is 35.6 Å². The second-order valence-corrected chi connectivity index (χ2v) is 14.6. The molecule has 4 rings (SSSR count). The van der Waals surface area contributed by atoms with E-state index in [1.165, 1.54) is 16.4 Å². The van der Waals surface area contributed by atoms with Crippen molar-refractivity contribution in [2.45, 2.75) is 81.9 Å². The molecule has 13 heteroatoms. The lowest BCUT2D eigenvalue weighted by Crippen LogP contribution is -2.54. The number of rotatable bonds is 13. The molecule has 1 aromatic heterocycles. The van der Waals surface area contributed by atoms with Gasteiger partial charge in [0.15, 0.2) is 0 Å². The molecule has 1 aliphatic heterocycles. The Hall–Kier alpha value is -3.81. The number of H-pyrrole nitrogens is 1. The molecule has 1 saturated heterocycles. The summed E-state index contributed by atoms with van der Waals surface area (Å²) in [6.07, 6.45) is 4.03. The van der Waals surface area contributed by atoms with Crippen molar-refractivity contribution in [2.24, 2.45) is 11.7 Å². The van der Waals surface area contributed by atoms with Crippen molar-refractivity contribution in [1.82, 2.24) is 19.9 Å². The first-order valence-corrected chi connectivity index (χ1v) is 17.1. The number of unbranched alkanes of at least 4 members (excludes halogenated alkanes) is 1. The summed E-state index contributed by atoms with van der Waals surface area (Å²) in [6.45, 7) is 5.88.